The second-order valence-electron chi connectivity index (χ2n) is 6.47. The van der Waals surface area contributed by atoms with Gasteiger partial charge in [0.2, 0.25) is 11.7 Å². The molecule has 28 heavy (non-hydrogen) atoms. The van der Waals surface area contributed by atoms with Crippen LogP contribution in [0.3, 0.4) is 0 Å². The molecule has 1 aliphatic heterocycles. The number of benzene rings is 2. The van der Waals surface area contributed by atoms with Gasteiger partial charge < -0.3 is 9.80 Å². The van der Waals surface area contributed by atoms with Gasteiger partial charge in [0.15, 0.2) is 0 Å². The van der Waals surface area contributed by atoms with Crippen molar-refractivity contribution in [2.24, 2.45) is 0 Å². The molecule has 0 spiro atoms. The Kier molecular flexibility index (Phi) is 5.21. The summed E-state index contributed by atoms with van der Waals surface area (Å²) in [7, 11) is 0. The van der Waals surface area contributed by atoms with E-state index in [1.54, 1.807) is 41.3 Å². The molecule has 144 valence electrons. The maximum Gasteiger partial charge on any atom is 0.246 e. The molecule has 7 nitrogen and oxygen atoms in total. The lowest BCUT2D eigenvalue weighted by Crippen LogP contribution is -2.50. The molecule has 0 bridgehead atoms. The van der Waals surface area contributed by atoms with E-state index in [9.17, 15) is 9.18 Å². The summed E-state index contributed by atoms with van der Waals surface area (Å²) >= 11 is 5.88. The molecule has 0 saturated carbocycles. The van der Waals surface area contributed by atoms with Gasteiger partial charge in [-0.3, -0.25) is 4.79 Å². The van der Waals surface area contributed by atoms with Crippen LogP contribution >= 0.6 is 11.6 Å². The third-order valence-corrected chi connectivity index (χ3v) is 4.91. The molecule has 1 fully saturated rings. The number of carbonyl (C=O) groups is 1. The molecule has 4 rings (SSSR count). The van der Waals surface area contributed by atoms with Crippen LogP contribution in [0, 0.1) is 5.82 Å². The lowest BCUT2D eigenvalue weighted by atomic mass is 10.2. The summed E-state index contributed by atoms with van der Waals surface area (Å²) in [6.07, 6.45) is 0. The fraction of sp³-hybridized carbons (Fsp3) is 0.263. The number of hydrogen-bond donors (Lipinski definition) is 0. The van der Waals surface area contributed by atoms with Gasteiger partial charge in [-0.15, -0.1) is 10.2 Å². The van der Waals surface area contributed by atoms with Crippen molar-refractivity contribution in [1.82, 2.24) is 25.1 Å². The average molecular weight is 401 g/mol. The molecule has 2 aromatic carbocycles. The van der Waals surface area contributed by atoms with E-state index >= 15 is 0 Å². The van der Waals surface area contributed by atoms with Crippen molar-refractivity contribution in [2.75, 3.05) is 31.1 Å². The molecule has 2 heterocycles. The van der Waals surface area contributed by atoms with Crippen LogP contribution in [0.4, 0.5) is 10.1 Å². The molecule has 0 aliphatic carbocycles. The first-order valence-corrected chi connectivity index (χ1v) is 9.29. The molecule has 0 N–H and O–H groups in total. The predicted octanol–water partition coefficient (Wildman–Crippen LogP) is 2.48. The van der Waals surface area contributed by atoms with Crippen LogP contribution in [-0.2, 0) is 11.3 Å². The zero-order valence-electron chi connectivity index (χ0n) is 15.0. The quantitative estimate of drug-likeness (QED) is 0.673. The van der Waals surface area contributed by atoms with Gasteiger partial charge in [-0.25, -0.2) is 4.39 Å². The Morgan fingerprint density at radius 3 is 2.46 bits per heavy atom. The highest BCUT2D eigenvalue weighted by Crippen LogP contribution is 2.20. The van der Waals surface area contributed by atoms with Crippen molar-refractivity contribution in [3.05, 3.63) is 59.4 Å². The van der Waals surface area contributed by atoms with E-state index in [1.165, 1.54) is 10.9 Å². The maximum atomic E-state index is 13.9. The van der Waals surface area contributed by atoms with Gasteiger partial charge in [0.25, 0.3) is 0 Å². The van der Waals surface area contributed by atoms with E-state index in [4.69, 9.17) is 11.6 Å². The van der Waals surface area contributed by atoms with Crippen molar-refractivity contribution in [1.29, 1.82) is 0 Å². The topological polar surface area (TPSA) is 67.2 Å². The van der Waals surface area contributed by atoms with Crippen LogP contribution in [0.1, 0.15) is 0 Å². The zero-order chi connectivity index (χ0) is 19.5. The van der Waals surface area contributed by atoms with Gasteiger partial charge in [-0.2, -0.15) is 4.80 Å². The number of halogens is 2. The SMILES string of the molecule is O=C(Cn1nnc(-c2ccc(Cl)cc2)n1)N1CCN(c2ccccc2F)CC1. The van der Waals surface area contributed by atoms with Crippen LogP contribution in [-0.4, -0.2) is 57.2 Å². The van der Waals surface area contributed by atoms with Gasteiger partial charge in [-0.05, 0) is 41.6 Å². The van der Waals surface area contributed by atoms with Gasteiger partial charge in [0.05, 0.1) is 5.69 Å². The maximum absolute atomic E-state index is 13.9. The second kappa shape index (κ2) is 7.93. The number of piperazine rings is 1. The number of hydrogen-bond acceptors (Lipinski definition) is 5. The van der Waals surface area contributed by atoms with Gasteiger partial charge >= 0.3 is 0 Å². The number of aromatic nitrogens is 4. The minimum Gasteiger partial charge on any atom is -0.366 e. The molecular formula is C19H18ClFN6O. The van der Waals surface area contributed by atoms with E-state index in [0.29, 0.717) is 42.7 Å². The molecule has 0 unspecified atom stereocenters. The van der Waals surface area contributed by atoms with Crippen molar-refractivity contribution < 1.29 is 9.18 Å². The summed E-state index contributed by atoms with van der Waals surface area (Å²) in [4.78, 5) is 17.5. The Morgan fingerprint density at radius 1 is 1.04 bits per heavy atom. The molecule has 1 saturated heterocycles. The van der Waals surface area contributed by atoms with E-state index in [1.807, 2.05) is 11.0 Å². The predicted molar refractivity (Wildman–Crippen MR) is 103 cm³/mol. The zero-order valence-corrected chi connectivity index (χ0v) is 15.8. The minimum atomic E-state index is -0.246. The summed E-state index contributed by atoms with van der Waals surface area (Å²) in [5.74, 6) is 0.103. The van der Waals surface area contributed by atoms with Crippen molar-refractivity contribution in [3.8, 4) is 11.4 Å². The van der Waals surface area contributed by atoms with Crippen LogP contribution < -0.4 is 4.90 Å². The Morgan fingerprint density at radius 2 is 1.75 bits per heavy atom. The monoisotopic (exact) mass is 400 g/mol. The van der Waals surface area contributed by atoms with E-state index in [2.05, 4.69) is 15.4 Å². The number of para-hydroxylation sites is 1. The lowest BCUT2D eigenvalue weighted by Gasteiger charge is -2.36. The smallest absolute Gasteiger partial charge is 0.246 e. The first kappa shape index (κ1) is 18.4. The first-order chi connectivity index (χ1) is 13.6. The van der Waals surface area contributed by atoms with Crippen LogP contribution in [0.2, 0.25) is 5.02 Å². The molecule has 3 aromatic rings. The minimum absolute atomic E-state index is 0.0142. The molecule has 1 aromatic heterocycles. The van der Waals surface area contributed by atoms with Crippen molar-refractivity contribution in [2.45, 2.75) is 6.54 Å². The molecule has 9 heteroatoms. The molecule has 0 atom stereocenters. The number of tetrazole rings is 1. The Labute approximate surface area is 166 Å². The van der Waals surface area contributed by atoms with Crippen LogP contribution in [0.25, 0.3) is 11.4 Å². The van der Waals surface area contributed by atoms with E-state index < -0.39 is 0 Å². The van der Waals surface area contributed by atoms with Crippen LogP contribution in [0.5, 0.6) is 0 Å². The fourth-order valence-electron chi connectivity index (χ4n) is 3.15. The highest BCUT2D eigenvalue weighted by atomic mass is 35.5. The number of rotatable bonds is 4. The highest BCUT2D eigenvalue weighted by molar-refractivity contribution is 6.30. The summed E-state index contributed by atoms with van der Waals surface area (Å²) in [5.41, 5.74) is 1.35. The standard InChI is InChI=1S/C19H18ClFN6O/c20-15-7-5-14(6-8-15)19-22-24-27(23-19)13-18(28)26-11-9-25(10-12-26)17-4-2-1-3-16(17)21/h1-8H,9-13H2. The summed E-state index contributed by atoms with van der Waals surface area (Å²) in [6.45, 7) is 2.21. The van der Waals surface area contributed by atoms with Gasteiger partial charge in [-0.1, -0.05) is 23.7 Å². The third kappa shape index (κ3) is 3.96. The molecule has 1 amide bonds. The normalized spacial score (nSPS) is 14.4. The number of amides is 1. The lowest BCUT2D eigenvalue weighted by molar-refractivity contribution is -0.132. The first-order valence-electron chi connectivity index (χ1n) is 8.91. The largest absolute Gasteiger partial charge is 0.366 e. The fourth-order valence-corrected chi connectivity index (χ4v) is 3.28. The summed E-state index contributed by atoms with van der Waals surface area (Å²) in [5, 5.41) is 12.8. The third-order valence-electron chi connectivity index (χ3n) is 4.66. The van der Waals surface area contributed by atoms with Gasteiger partial charge in [0, 0.05) is 36.8 Å². The van der Waals surface area contributed by atoms with Crippen LogP contribution in [0.15, 0.2) is 48.5 Å². The molecule has 1 aliphatic rings. The number of nitrogens with zero attached hydrogens (tertiary/aromatic N) is 6. The van der Waals surface area contributed by atoms with Crippen molar-refractivity contribution in [3.63, 3.8) is 0 Å². The Hall–Kier alpha value is -3.00. The molecule has 0 radical (unpaired) electrons. The molecular weight excluding hydrogens is 383 g/mol. The van der Waals surface area contributed by atoms with E-state index in [0.717, 1.165) is 5.56 Å². The highest BCUT2D eigenvalue weighted by Gasteiger charge is 2.23. The summed E-state index contributed by atoms with van der Waals surface area (Å²) in [6, 6.07) is 13.8. The number of anilines is 1. The number of carbonyl (C=O) groups excluding carboxylic acids is 1. The average Bonchev–Trinajstić information content (AvgIpc) is 3.17. The van der Waals surface area contributed by atoms with Crippen molar-refractivity contribution >= 4 is 23.2 Å². The Balaban J connectivity index is 1.35. The van der Waals surface area contributed by atoms with E-state index in [-0.39, 0.29) is 18.3 Å². The summed E-state index contributed by atoms with van der Waals surface area (Å²) < 4.78 is 13.9. The Bertz CT molecular complexity index is 969. The second-order valence-corrected chi connectivity index (χ2v) is 6.91. The van der Waals surface area contributed by atoms with Gasteiger partial charge in [0.1, 0.15) is 12.4 Å².